The fraction of sp³-hybridized carbons (Fsp3) is 0.750. The summed E-state index contributed by atoms with van der Waals surface area (Å²) in [6, 6.07) is 0. The summed E-state index contributed by atoms with van der Waals surface area (Å²) < 4.78 is 6.94. The van der Waals surface area contributed by atoms with Crippen LogP contribution in [0.3, 0.4) is 0 Å². The first-order valence-electron chi connectivity index (χ1n) is 6.66. The number of hydrogen-bond acceptors (Lipinski definition) is 5. The van der Waals surface area contributed by atoms with E-state index in [0.717, 1.165) is 25.1 Å². The van der Waals surface area contributed by atoms with Gasteiger partial charge in [0, 0.05) is 26.0 Å². The number of carbonyl (C=O) groups excluding carboxylic acids is 1. The smallest absolute Gasteiger partial charge is 0.241 e. The molecule has 0 aliphatic carbocycles. The van der Waals surface area contributed by atoms with Crippen molar-refractivity contribution in [2.45, 2.75) is 38.3 Å². The molecule has 106 valence electrons. The maximum atomic E-state index is 11.7. The summed E-state index contributed by atoms with van der Waals surface area (Å²) in [5.41, 5.74) is 0.793. The molecule has 1 aliphatic rings. The van der Waals surface area contributed by atoms with E-state index in [2.05, 4.69) is 15.6 Å². The van der Waals surface area contributed by atoms with Gasteiger partial charge in [0.15, 0.2) is 0 Å². The SMILES string of the molecule is O=C(Cn1cc(CCCO)nn1)NCC1CCCO1. The van der Waals surface area contributed by atoms with Crippen LogP contribution in [0.2, 0.25) is 0 Å². The lowest BCUT2D eigenvalue weighted by Crippen LogP contribution is -2.34. The van der Waals surface area contributed by atoms with Gasteiger partial charge in [-0.3, -0.25) is 4.79 Å². The number of nitrogens with one attached hydrogen (secondary N) is 1. The second kappa shape index (κ2) is 7.20. The van der Waals surface area contributed by atoms with Crippen molar-refractivity contribution in [3.05, 3.63) is 11.9 Å². The number of nitrogens with zero attached hydrogens (tertiary/aromatic N) is 3. The van der Waals surface area contributed by atoms with E-state index in [4.69, 9.17) is 9.84 Å². The molecule has 1 aromatic heterocycles. The van der Waals surface area contributed by atoms with E-state index < -0.39 is 0 Å². The molecule has 19 heavy (non-hydrogen) atoms. The zero-order valence-electron chi connectivity index (χ0n) is 10.9. The van der Waals surface area contributed by atoms with Crippen molar-refractivity contribution in [3.63, 3.8) is 0 Å². The highest BCUT2D eigenvalue weighted by atomic mass is 16.5. The summed E-state index contributed by atoms with van der Waals surface area (Å²) in [6.07, 6.45) is 5.30. The number of aryl methyl sites for hydroxylation is 1. The minimum absolute atomic E-state index is 0.0888. The van der Waals surface area contributed by atoms with E-state index in [0.29, 0.717) is 19.4 Å². The fourth-order valence-electron chi connectivity index (χ4n) is 2.03. The van der Waals surface area contributed by atoms with Crippen molar-refractivity contribution in [1.29, 1.82) is 0 Å². The molecule has 2 N–H and O–H groups in total. The highest BCUT2D eigenvalue weighted by Gasteiger charge is 2.16. The predicted molar refractivity (Wildman–Crippen MR) is 67.4 cm³/mol. The Bertz CT molecular complexity index is 401. The summed E-state index contributed by atoms with van der Waals surface area (Å²) in [7, 11) is 0. The molecule has 0 radical (unpaired) electrons. The van der Waals surface area contributed by atoms with Crippen molar-refractivity contribution in [1.82, 2.24) is 20.3 Å². The van der Waals surface area contributed by atoms with Gasteiger partial charge in [0.2, 0.25) is 5.91 Å². The maximum Gasteiger partial charge on any atom is 0.241 e. The Labute approximate surface area is 111 Å². The second-order valence-corrected chi connectivity index (χ2v) is 4.67. The van der Waals surface area contributed by atoms with Crippen molar-refractivity contribution in [3.8, 4) is 0 Å². The lowest BCUT2D eigenvalue weighted by Gasteiger charge is -2.10. The van der Waals surface area contributed by atoms with Crippen LogP contribution in [0, 0.1) is 0 Å². The van der Waals surface area contributed by atoms with Gasteiger partial charge in [-0.2, -0.15) is 0 Å². The minimum Gasteiger partial charge on any atom is -0.396 e. The fourth-order valence-corrected chi connectivity index (χ4v) is 2.03. The Balaban J connectivity index is 1.70. The van der Waals surface area contributed by atoms with Crippen LogP contribution in [-0.4, -0.2) is 51.9 Å². The van der Waals surface area contributed by atoms with Crippen molar-refractivity contribution < 1.29 is 14.6 Å². The molecule has 0 spiro atoms. The van der Waals surface area contributed by atoms with Gasteiger partial charge in [0.05, 0.1) is 11.8 Å². The number of hydrogen-bond donors (Lipinski definition) is 2. The van der Waals surface area contributed by atoms with Gasteiger partial charge in [-0.05, 0) is 25.7 Å². The third kappa shape index (κ3) is 4.60. The molecule has 0 saturated carbocycles. The Morgan fingerprint density at radius 1 is 1.63 bits per heavy atom. The van der Waals surface area contributed by atoms with Crippen molar-refractivity contribution in [2.75, 3.05) is 19.8 Å². The van der Waals surface area contributed by atoms with Crippen molar-refractivity contribution >= 4 is 5.91 Å². The Morgan fingerprint density at radius 3 is 3.26 bits per heavy atom. The van der Waals surface area contributed by atoms with Crippen LogP contribution in [0.5, 0.6) is 0 Å². The molecule has 1 saturated heterocycles. The van der Waals surface area contributed by atoms with Gasteiger partial charge in [-0.1, -0.05) is 5.21 Å². The zero-order chi connectivity index (χ0) is 13.5. The molecule has 1 aromatic rings. The van der Waals surface area contributed by atoms with E-state index in [-0.39, 0.29) is 25.2 Å². The molecule has 1 atom stereocenters. The zero-order valence-corrected chi connectivity index (χ0v) is 10.9. The van der Waals surface area contributed by atoms with Gasteiger partial charge in [-0.25, -0.2) is 4.68 Å². The highest BCUT2D eigenvalue weighted by molar-refractivity contribution is 5.75. The number of aliphatic hydroxyl groups is 1. The van der Waals surface area contributed by atoms with E-state index in [1.807, 2.05) is 0 Å². The molecule has 1 unspecified atom stereocenters. The average molecular weight is 268 g/mol. The summed E-state index contributed by atoms with van der Waals surface area (Å²) in [4.78, 5) is 11.7. The number of carbonyl (C=O) groups is 1. The Morgan fingerprint density at radius 2 is 2.53 bits per heavy atom. The van der Waals surface area contributed by atoms with Crippen LogP contribution < -0.4 is 5.32 Å². The van der Waals surface area contributed by atoms with E-state index in [9.17, 15) is 4.79 Å². The first-order valence-corrected chi connectivity index (χ1v) is 6.66. The molecule has 1 fully saturated rings. The molecule has 7 nitrogen and oxygen atoms in total. The van der Waals surface area contributed by atoms with E-state index in [1.165, 1.54) is 4.68 Å². The van der Waals surface area contributed by atoms with Crippen LogP contribution in [0.15, 0.2) is 6.20 Å². The van der Waals surface area contributed by atoms with Crippen molar-refractivity contribution in [2.24, 2.45) is 0 Å². The Kier molecular flexibility index (Phi) is 5.29. The third-order valence-corrected chi connectivity index (χ3v) is 3.03. The number of rotatable bonds is 7. The van der Waals surface area contributed by atoms with Gasteiger partial charge < -0.3 is 15.2 Å². The van der Waals surface area contributed by atoms with Crippen LogP contribution in [0.4, 0.5) is 0 Å². The number of amides is 1. The largest absolute Gasteiger partial charge is 0.396 e. The molecule has 0 bridgehead atoms. The second-order valence-electron chi connectivity index (χ2n) is 4.67. The molecule has 1 aliphatic heterocycles. The topological polar surface area (TPSA) is 89.3 Å². The quantitative estimate of drug-likeness (QED) is 0.696. The number of aliphatic hydroxyl groups excluding tert-OH is 1. The van der Waals surface area contributed by atoms with Gasteiger partial charge in [0.25, 0.3) is 0 Å². The standard InChI is InChI=1S/C12H20N4O3/c17-5-1-3-10-8-16(15-14-10)9-12(18)13-7-11-4-2-6-19-11/h8,11,17H,1-7,9H2,(H,13,18). The first-order chi connectivity index (χ1) is 9.28. The lowest BCUT2D eigenvalue weighted by molar-refractivity contribution is -0.122. The molecule has 0 aromatic carbocycles. The van der Waals surface area contributed by atoms with Crippen LogP contribution in [0.25, 0.3) is 0 Å². The minimum atomic E-state index is -0.0888. The van der Waals surface area contributed by atoms with Crippen LogP contribution >= 0.6 is 0 Å². The maximum absolute atomic E-state index is 11.7. The van der Waals surface area contributed by atoms with Crippen LogP contribution in [-0.2, 0) is 22.5 Å². The molecule has 2 heterocycles. The number of aromatic nitrogens is 3. The first kappa shape index (κ1) is 14.0. The highest BCUT2D eigenvalue weighted by Crippen LogP contribution is 2.10. The molecule has 1 amide bonds. The van der Waals surface area contributed by atoms with E-state index in [1.54, 1.807) is 6.20 Å². The van der Waals surface area contributed by atoms with Crippen LogP contribution in [0.1, 0.15) is 25.0 Å². The normalized spacial score (nSPS) is 18.7. The summed E-state index contributed by atoms with van der Waals surface area (Å²) in [5, 5.41) is 19.4. The summed E-state index contributed by atoms with van der Waals surface area (Å²) in [5.74, 6) is -0.0888. The molecular formula is C12H20N4O3. The predicted octanol–water partition coefficient (Wildman–Crippen LogP) is -0.502. The monoisotopic (exact) mass is 268 g/mol. The molecular weight excluding hydrogens is 248 g/mol. The lowest BCUT2D eigenvalue weighted by atomic mass is 10.2. The summed E-state index contributed by atoms with van der Waals surface area (Å²) >= 11 is 0. The van der Waals surface area contributed by atoms with Gasteiger partial charge in [-0.15, -0.1) is 5.10 Å². The number of ether oxygens (including phenoxy) is 1. The summed E-state index contributed by atoms with van der Waals surface area (Å²) in [6.45, 7) is 1.65. The Hall–Kier alpha value is -1.47. The molecule has 2 rings (SSSR count). The van der Waals surface area contributed by atoms with Gasteiger partial charge >= 0.3 is 0 Å². The van der Waals surface area contributed by atoms with E-state index >= 15 is 0 Å². The molecule has 7 heteroatoms. The third-order valence-electron chi connectivity index (χ3n) is 3.03. The average Bonchev–Trinajstić information content (AvgIpc) is 3.05. The van der Waals surface area contributed by atoms with Gasteiger partial charge in [0.1, 0.15) is 6.54 Å².